The van der Waals surface area contributed by atoms with E-state index in [0.29, 0.717) is 5.78 Å². The molecule has 86 valence electrons. The van der Waals surface area contributed by atoms with Crippen LogP contribution in [0.1, 0.15) is 66.2 Å². The number of unbranched alkanes of at least 4 members (excludes halogenated alkanes) is 1. The summed E-state index contributed by atoms with van der Waals surface area (Å²) >= 11 is 0. The summed E-state index contributed by atoms with van der Waals surface area (Å²) in [6, 6.07) is 0. The Balaban J connectivity index is 2.65. The number of carbonyl (C=O) groups excluding carboxylic acids is 1. The maximum atomic E-state index is 12.1. The van der Waals surface area contributed by atoms with Crippen molar-refractivity contribution in [3.05, 3.63) is 11.1 Å². The largest absolute Gasteiger partial charge is 0.299 e. The minimum atomic E-state index is -0.0568. The molecule has 15 heavy (non-hydrogen) atoms. The quantitative estimate of drug-likeness (QED) is 0.630. The van der Waals surface area contributed by atoms with Crippen LogP contribution in [0.5, 0.6) is 0 Å². The molecule has 1 aliphatic carbocycles. The molecule has 0 N–H and O–H groups in total. The minimum absolute atomic E-state index is 0.0568. The first-order chi connectivity index (χ1) is 6.99. The Morgan fingerprint density at radius 2 is 2.00 bits per heavy atom. The molecule has 1 atom stereocenters. The number of Topliss-reactive ketones (excluding diaryl/α,β-unsaturated/α-hetero) is 1. The van der Waals surface area contributed by atoms with Gasteiger partial charge in [-0.1, -0.05) is 31.4 Å². The summed E-state index contributed by atoms with van der Waals surface area (Å²) in [6.45, 7) is 8.68. The lowest BCUT2D eigenvalue weighted by molar-refractivity contribution is -0.128. The summed E-state index contributed by atoms with van der Waals surface area (Å²) in [4.78, 5) is 12.1. The van der Waals surface area contributed by atoms with E-state index in [2.05, 4.69) is 27.7 Å². The Morgan fingerprint density at radius 1 is 1.33 bits per heavy atom. The molecule has 0 aromatic carbocycles. The lowest BCUT2D eigenvalue weighted by Crippen LogP contribution is -2.30. The van der Waals surface area contributed by atoms with Gasteiger partial charge in [0.1, 0.15) is 5.78 Å². The molecule has 1 rings (SSSR count). The highest BCUT2D eigenvalue weighted by Crippen LogP contribution is 2.40. The minimum Gasteiger partial charge on any atom is -0.299 e. The standard InChI is InChI=1S/C14H24O/c1-5-6-7-13(15)14(4)9-8-11(2)12(3)10-14/h5-10H2,1-4H3/t14-/m1/s1. The van der Waals surface area contributed by atoms with Gasteiger partial charge in [-0.05, 0) is 39.5 Å². The predicted molar refractivity (Wildman–Crippen MR) is 64.9 cm³/mol. The zero-order valence-electron chi connectivity index (χ0n) is 10.7. The third-order valence-corrected chi connectivity index (χ3v) is 3.87. The summed E-state index contributed by atoms with van der Waals surface area (Å²) in [7, 11) is 0. The highest BCUT2D eigenvalue weighted by atomic mass is 16.1. The van der Waals surface area contributed by atoms with E-state index in [1.165, 1.54) is 11.1 Å². The molecular weight excluding hydrogens is 184 g/mol. The van der Waals surface area contributed by atoms with E-state index >= 15 is 0 Å². The zero-order chi connectivity index (χ0) is 11.5. The van der Waals surface area contributed by atoms with Crippen LogP contribution in [0.25, 0.3) is 0 Å². The van der Waals surface area contributed by atoms with Crippen molar-refractivity contribution in [1.82, 2.24) is 0 Å². The molecule has 0 fully saturated rings. The topological polar surface area (TPSA) is 17.1 Å². The molecule has 1 heteroatoms. The van der Waals surface area contributed by atoms with E-state index in [1.807, 2.05) is 0 Å². The van der Waals surface area contributed by atoms with Crippen molar-refractivity contribution < 1.29 is 4.79 Å². The van der Waals surface area contributed by atoms with Gasteiger partial charge in [-0.25, -0.2) is 0 Å². The highest BCUT2D eigenvalue weighted by molar-refractivity contribution is 5.85. The molecular formula is C14H24O. The second-order valence-electron chi connectivity index (χ2n) is 5.32. The first kappa shape index (κ1) is 12.5. The van der Waals surface area contributed by atoms with Gasteiger partial charge >= 0.3 is 0 Å². The van der Waals surface area contributed by atoms with Crippen LogP contribution in [0.15, 0.2) is 11.1 Å². The third kappa shape index (κ3) is 2.93. The molecule has 0 heterocycles. The third-order valence-electron chi connectivity index (χ3n) is 3.87. The van der Waals surface area contributed by atoms with Gasteiger partial charge in [0, 0.05) is 11.8 Å². The lowest BCUT2D eigenvalue weighted by Gasteiger charge is -2.33. The van der Waals surface area contributed by atoms with Crippen LogP contribution < -0.4 is 0 Å². The SMILES string of the molecule is CCCCC(=O)[C@]1(C)CCC(C)=C(C)C1. The molecule has 1 nitrogen and oxygen atoms in total. The molecule has 0 aromatic rings. The summed E-state index contributed by atoms with van der Waals surface area (Å²) < 4.78 is 0. The summed E-state index contributed by atoms with van der Waals surface area (Å²) in [5, 5.41) is 0. The molecule has 0 saturated carbocycles. The van der Waals surface area contributed by atoms with Crippen LogP contribution in [-0.4, -0.2) is 5.78 Å². The average Bonchev–Trinajstić information content (AvgIpc) is 2.20. The average molecular weight is 208 g/mol. The van der Waals surface area contributed by atoms with E-state index < -0.39 is 0 Å². The van der Waals surface area contributed by atoms with E-state index in [1.54, 1.807) is 0 Å². The van der Waals surface area contributed by atoms with Gasteiger partial charge in [0.05, 0.1) is 0 Å². The Bertz CT molecular complexity index is 275. The van der Waals surface area contributed by atoms with E-state index in [0.717, 1.165) is 38.5 Å². The fraction of sp³-hybridized carbons (Fsp3) is 0.786. The summed E-state index contributed by atoms with van der Waals surface area (Å²) in [5.74, 6) is 0.483. The van der Waals surface area contributed by atoms with Gasteiger partial charge < -0.3 is 0 Å². The summed E-state index contributed by atoms with van der Waals surface area (Å²) in [5.41, 5.74) is 2.88. The molecule has 0 radical (unpaired) electrons. The van der Waals surface area contributed by atoms with Gasteiger partial charge in [-0.15, -0.1) is 0 Å². The van der Waals surface area contributed by atoms with Crippen LogP contribution >= 0.6 is 0 Å². The van der Waals surface area contributed by atoms with Crippen LogP contribution in [0, 0.1) is 5.41 Å². The second-order valence-corrected chi connectivity index (χ2v) is 5.32. The van der Waals surface area contributed by atoms with Crippen LogP contribution in [-0.2, 0) is 4.79 Å². The van der Waals surface area contributed by atoms with Crippen molar-refractivity contribution in [2.24, 2.45) is 5.41 Å². The second kappa shape index (κ2) is 4.96. The van der Waals surface area contributed by atoms with Crippen molar-refractivity contribution in [3.8, 4) is 0 Å². The van der Waals surface area contributed by atoms with Crippen LogP contribution in [0.3, 0.4) is 0 Å². The normalized spacial score (nSPS) is 26.9. The Morgan fingerprint density at radius 3 is 2.53 bits per heavy atom. The Kier molecular flexibility index (Phi) is 4.12. The van der Waals surface area contributed by atoms with E-state index in [4.69, 9.17) is 0 Å². The van der Waals surface area contributed by atoms with Crippen LogP contribution in [0.2, 0.25) is 0 Å². The fourth-order valence-corrected chi connectivity index (χ4v) is 2.38. The van der Waals surface area contributed by atoms with E-state index in [-0.39, 0.29) is 5.41 Å². The maximum absolute atomic E-state index is 12.1. The Labute approximate surface area is 93.9 Å². The smallest absolute Gasteiger partial charge is 0.139 e. The number of hydrogen-bond acceptors (Lipinski definition) is 1. The molecule has 0 bridgehead atoms. The van der Waals surface area contributed by atoms with Crippen molar-refractivity contribution in [1.29, 1.82) is 0 Å². The molecule has 1 aliphatic rings. The van der Waals surface area contributed by atoms with E-state index in [9.17, 15) is 4.79 Å². The number of allylic oxidation sites excluding steroid dienone is 2. The lowest BCUT2D eigenvalue weighted by atomic mass is 9.70. The number of ketones is 1. The molecule has 0 saturated heterocycles. The number of rotatable bonds is 4. The van der Waals surface area contributed by atoms with Crippen molar-refractivity contribution in [2.75, 3.05) is 0 Å². The van der Waals surface area contributed by atoms with Crippen LogP contribution in [0.4, 0.5) is 0 Å². The number of hydrogen-bond donors (Lipinski definition) is 0. The fourth-order valence-electron chi connectivity index (χ4n) is 2.38. The zero-order valence-corrected chi connectivity index (χ0v) is 10.7. The van der Waals surface area contributed by atoms with Gasteiger partial charge in [0.25, 0.3) is 0 Å². The predicted octanol–water partition coefficient (Wildman–Crippen LogP) is 4.27. The van der Waals surface area contributed by atoms with Crippen molar-refractivity contribution in [2.45, 2.75) is 66.2 Å². The molecule has 0 aliphatic heterocycles. The van der Waals surface area contributed by atoms with Gasteiger partial charge in [-0.3, -0.25) is 4.79 Å². The van der Waals surface area contributed by atoms with Crippen molar-refractivity contribution in [3.63, 3.8) is 0 Å². The molecule has 0 amide bonds. The van der Waals surface area contributed by atoms with Gasteiger partial charge in [0.15, 0.2) is 0 Å². The Hall–Kier alpha value is -0.590. The highest BCUT2D eigenvalue weighted by Gasteiger charge is 2.34. The number of carbonyl (C=O) groups is 1. The molecule has 0 unspecified atom stereocenters. The summed E-state index contributed by atoms with van der Waals surface area (Å²) in [6.07, 6.45) is 6.10. The van der Waals surface area contributed by atoms with Gasteiger partial charge in [-0.2, -0.15) is 0 Å². The monoisotopic (exact) mass is 208 g/mol. The first-order valence-corrected chi connectivity index (χ1v) is 6.18. The van der Waals surface area contributed by atoms with Crippen molar-refractivity contribution >= 4 is 5.78 Å². The first-order valence-electron chi connectivity index (χ1n) is 6.18. The maximum Gasteiger partial charge on any atom is 0.139 e. The molecule has 0 aromatic heterocycles. The van der Waals surface area contributed by atoms with Gasteiger partial charge in [0.2, 0.25) is 0 Å². The molecule has 0 spiro atoms.